The van der Waals surface area contributed by atoms with Crippen LogP contribution in [0.15, 0.2) is 30.3 Å². The van der Waals surface area contributed by atoms with Gasteiger partial charge in [0.1, 0.15) is 0 Å². The summed E-state index contributed by atoms with van der Waals surface area (Å²) in [5.74, 6) is -0.911. The summed E-state index contributed by atoms with van der Waals surface area (Å²) in [7, 11) is -9.21. The number of carbonyl (C=O) groups excluding carboxylic acids is 1. The van der Waals surface area contributed by atoms with Crippen LogP contribution < -0.4 is 0 Å². The van der Waals surface area contributed by atoms with Crippen molar-refractivity contribution < 1.29 is 53.3 Å². The summed E-state index contributed by atoms with van der Waals surface area (Å²) in [4.78, 5) is 12.3. The molecule has 28 heavy (non-hydrogen) atoms. The van der Waals surface area contributed by atoms with Gasteiger partial charge in [-0.25, -0.2) is 13.2 Å². The number of hydrogen-bond donors (Lipinski definition) is 2. The van der Waals surface area contributed by atoms with Gasteiger partial charge in [-0.2, -0.15) is 16.8 Å². The monoisotopic (exact) mass is 442 g/mol. The first-order valence-electron chi connectivity index (χ1n) is 7.67. The minimum atomic E-state index is -5.16. The Balaban J connectivity index is 2.40. The first-order chi connectivity index (χ1) is 12.9. The number of rotatable bonds is 7. The van der Waals surface area contributed by atoms with Gasteiger partial charge in [-0.15, -0.1) is 0 Å². The maximum absolute atomic E-state index is 12.3. The highest BCUT2D eigenvalue weighted by atomic mass is 32.3. The van der Waals surface area contributed by atoms with Crippen LogP contribution in [0.25, 0.3) is 0 Å². The first kappa shape index (κ1) is 22.6. The predicted octanol–water partition coefficient (Wildman–Crippen LogP) is -0.0208. The summed E-state index contributed by atoms with van der Waals surface area (Å²) in [5.41, 5.74) is 0.0985. The van der Waals surface area contributed by atoms with E-state index >= 15 is 0 Å². The molecule has 2 N–H and O–H groups in total. The summed E-state index contributed by atoms with van der Waals surface area (Å²) in [6, 6.07) is 7.58. The highest BCUT2D eigenvalue weighted by molar-refractivity contribution is 7.81. The van der Waals surface area contributed by atoms with E-state index in [2.05, 4.69) is 8.37 Å². The Labute approximate surface area is 161 Å². The maximum Gasteiger partial charge on any atom is 0.397 e. The molecule has 158 valence electrons. The molecule has 1 heterocycles. The lowest BCUT2D eigenvalue weighted by molar-refractivity contribution is -0.275. The highest BCUT2D eigenvalue weighted by Gasteiger charge is 2.52. The van der Waals surface area contributed by atoms with Gasteiger partial charge in [0, 0.05) is 7.11 Å². The minimum Gasteiger partial charge on any atom is -0.453 e. The molecule has 1 aromatic rings. The van der Waals surface area contributed by atoms with Crippen LogP contribution in [0.5, 0.6) is 0 Å². The predicted molar refractivity (Wildman–Crippen MR) is 89.8 cm³/mol. The molecule has 2 rings (SSSR count). The van der Waals surface area contributed by atoms with Gasteiger partial charge in [0.2, 0.25) is 0 Å². The molecule has 14 heteroatoms. The minimum absolute atomic E-state index is 0.0985. The lowest BCUT2D eigenvalue weighted by Crippen LogP contribution is -2.61. The lowest BCUT2D eigenvalue weighted by atomic mass is 9.99. The van der Waals surface area contributed by atoms with Crippen molar-refractivity contribution in [2.45, 2.75) is 37.6 Å². The van der Waals surface area contributed by atoms with Crippen LogP contribution in [0.3, 0.4) is 0 Å². The molecule has 5 atom stereocenters. The Hall–Kier alpha value is -1.65. The second-order valence-electron chi connectivity index (χ2n) is 5.66. The zero-order valence-corrected chi connectivity index (χ0v) is 16.2. The van der Waals surface area contributed by atoms with E-state index in [4.69, 9.17) is 23.3 Å². The van der Waals surface area contributed by atoms with E-state index < -0.39 is 57.5 Å². The number of esters is 1. The number of carbonyl (C=O) groups is 1. The summed E-state index contributed by atoms with van der Waals surface area (Å²) >= 11 is 0. The molecule has 1 fully saturated rings. The quantitative estimate of drug-likeness (QED) is 0.427. The van der Waals surface area contributed by atoms with Crippen LogP contribution in [0.4, 0.5) is 0 Å². The van der Waals surface area contributed by atoms with Crippen molar-refractivity contribution in [1.82, 2.24) is 0 Å². The number of hydrogen-bond acceptors (Lipinski definition) is 10. The summed E-state index contributed by atoms with van der Waals surface area (Å²) in [6.45, 7) is 1.36. The van der Waals surface area contributed by atoms with Gasteiger partial charge >= 0.3 is 26.8 Å². The second-order valence-corrected chi connectivity index (χ2v) is 7.75. The molecule has 0 spiro atoms. The topological polar surface area (TPSA) is 172 Å². The molecule has 0 aromatic heterocycles. The number of methoxy groups -OCH3 is 1. The first-order valence-corrected chi connectivity index (χ1v) is 10.4. The molecule has 1 saturated heterocycles. The number of ether oxygens (including phenoxy) is 3. The van der Waals surface area contributed by atoms with Crippen LogP contribution in [0, 0.1) is 0 Å². The SMILES string of the molecule is CO[C@@H]1O[C@@H](C)[C@@H](OC(=O)c2ccccc2)[C@H](OS(=O)(=O)O)[C@H]1OS(=O)(=O)O. The molecule has 0 bridgehead atoms. The fourth-order valence-corrected chi connectivity index (χ4v) is 3.57. The van der Waals surface area contributed by atoms with Gasteiger partial charge < -0.3 is 14.2 Å². The molecule has 0 aliphatic carbocycles. The van der Waals surface area contributed by atoms with Gasteiger partial charge in [0.25, 0.3) is 0 Å². The third kappa shape index (κ3) is 6.18. The standard InChI is InChI=1S/C14H18O12S2/c1-8-10(24-13(15)9-6-4-3-5-7-9)11(25-27(16,17)18)12(14(22-2)23-8)26-28(19,20)21/h3-8,10-12,14H,1-2H3,(H,16,17,18)(H,19,20,21)/t8-,10+,11-,12+,14+/m0/s1. The van der Waals surface area contributed by atoms with Gasteiger partial charge in [-0.3, -0.25) is 9.11 Å². The average Bonchev–Trinajstić information content (AvgIpc) is 2.58. The van der Waals surface area contributed by atoms with E-state index in [1.54, 1.807) is 18.2 Å². The summed E-state index contributed by atoms with van der Waals surface area (Å²) in [6.07, 6.45) is -8.06. The largest absolute Gasteiger partial charge is 0.453 e. The maximum atomic E-state index is 12.3. The van der Waals surface area contributed by atoms with Crippen molar-refractivity contribution in [2.24, 2.45) is 0 Å². The van der Waals surface area contributed by atoms with Crippen LogP contribution >= 0.6 is 0 Å². The molecule has 0 amide bonds. The van der Waals surface area contributed by atoms with Crippen LogP contribution in [0.1, 0.15) is 17.3 Å². The fourth-order valence-electron chi connectivity index (χ4n) is 2.58. The van der Waals surface area contributed by atoms with Crippen LogP contribution in [0.2, 0.25) is 0 Å². The molecule has 1 aromatic carbocycles. The molecule has 0 radical (unpaired) electrons. The lowest BCUT2D eigenvalue weighted by Gasteiger charge is -2.42. The Bertz CT molecular complexity index is 882. The third-order valence-electron chi connectivity index (χ3n) is 3.68. The molecular formula is C14H18O12S2. The Kier molecular flexibility index (Phi) is 7.11. The second kappa shape index (κ2) is 8.79. The van der Waals surface area contributed by atoms with Gasteiger partial charge in [0.05, 0.1) is 11.7 Å². The Morgan fingerprint density at radius 3 is 2.00 bits per heavy atom. The summed E-state index contributed by atoms with van der Waals surface area (Å²) < 4.78 is 87.1. The molecule has 0 saturated carbocycles. The van der Waals surface area contributed by atoms with Gasteiger partial charge in [-0.1, -0.05) is 18.2 Å². The highest BCUT2D eigenvalue weighted by Crippen LogP contribution is 2.30. The van der Waals surface area contributed by atoms with Crippen LogP contribution in [-0.2, 0) is 43.4 Å². The molecule has 0 unspecified atom stereocenters. The van der Waals surface area contributed by atoms with Crippen molar-refractivity contribution in [3.05, 3.63) is 35.9 Å². The Morgan fingerprint density at radius 2 is 1.50 bits per heavy atom. The van der Waals surface area contributed by atoms with Crippen molar-refractivity contribution >= 4 is 26.8 Å². The van der Waals surface area contributed by atoms with E-state index in [0.717, 1.165) is 7.11 Å². The molecule has 12 nitrogen and oxygen atoms in total. The Morgan fingerprint density at radius 1 is 0.964 bits per heavy atom. The van der Waals surface area contributed by atoms with Gasteiger partial charge in [-0.05, 0) is 19.1 Å². The van der Waals surface area contributed by atoms with Gasteiger partial charge in [0.15, 0.2) is 24.6 Å². The van der Waals surface area contributed by atoms with Crippen molar-refractivity contribution in [1.29, 1.82) is 0 Å². The van der Waals surface area contributed by atoms with E-state index in [9.17, 15) is 21.6 Å². The van der Waals surface area contributed by atoms with Crippen molar-refractivity contribution in [2.75, 3.05) is 7.11 Å². The van der Waals surface area contributed by atoms with E-state index in [1.807, 2.05) is 0 Å². The summed E-state index contributed by atoms with van der Waals surface area (Å²) in [5, 5.41) is 0. The molecular weight excluding hydrogens is 424 g/mol. The average molecular weight is 442 g/mol. The van der Waals surface area contributed by atoms with E-state index in [-0.39, 0.29) is 5.56 Å². The van der Waals surface area contributed by atoms with E-state index in [1.165, 1.54) is 19.1 Å². The molecule has 1 aliphatic rings. The van der Waals surface area contributed by atoms with Crippen LogP contribution in [-0.4, -0.2) is 69.7 Å². The fraction of sp³-hybridized carbons (Fsp3) is 0.500. The smallest absolute Gasteiger partial charge is 0.397 e. The molecule has 1 aliphatic heterocycles. The zero-order chi connectivity index (χ0) is 21.1. The number of benzene rings is 1. The zero-order valence-electron chi connectivity index (χ0n) is 14.6. The van der Waals surface area contributed by atoms with E-state index in [0.29, 0.717) is 0 Å². The van der Waals surface area contributed by atoms with Crippen molar-refractivity contribution in [3.63, 3.8) is 0 Å². The normalized spacial score (nSPS) is 28.6. The third-order valence-corrected chi connectivity index (χ3v) is 4.61. The van der Waals surface area contributed by atoms with Crippen molar-refractivity contribution in [3.8, 4) is 0 Å².